The molecule has 0 rings (SSSR count). The van der Waals surface area contributed by atoms with E-state index in [1.807, 2.05) is 0 Å². The van der Waals surface area contributed by atoms with Gasteiger partial charge in [-0.1, -0.05) is 60.6 Å². The van der Waals surface area contributed by atoms with Crippen LogP contribution in [0, 0.1) is 23.7 Å². The van der Waals surface area contributed by atoms with Crippen molar-refractivity contribution in [2.24, 2.45) is 23.7 Å². The topological polar surface area (TPSA) is 27.7 Å². The molecule has 162 valence electrons. The van der Waals surface area contributed by atoms with E-state index in [-0.39, 0.29) is 5.04 Å². The maximum atomic E-state index is 6.64. The molecule has 0 unspecified atom stereocenters. The summed E-state index contributed by atoms with van der Waals surface area (Å²) in [7, 11) is -0.0518. The molecule has 0 saturated carbocycles. The quantitative estimate of drug-likeness (QED) is 0.137. The molecule has 0 bridgehead atoms. The van der Waals surface area contributed by atoms with Crippen LogP contribution in [0.4, 0.5) is 0 Å². The van der Waals surface area contributed by atoms with Gasteiger partial charge in [-0.15, -0.1) is 0 Å². The van der Waals surface area contributed by atoms with Crippen LogP contribution in [0.2, 0.25) is 18.1 Å². The van der Waals surface area contributed by atoms with Crippen molar-refractivity contribution in [2.45, 2.75) is 85.9 Å². The second kappa shape index (κ2) is 13.1. The second-order valence-electron chi connectivity index (χ2n) is 10.2. The molecule has 0 spiro atoms. The average Bonchev–Trinajstić information content (AvgIpc) is 2.52. The zero-order valence-corrected chi connectivity index (χ0v) is 20.9. The molecule has 0 fully saturated rings. The Morgan fingerprint density at radius 3 is 2.11 bits per heavy atom. The first-order valence-corrected chi connectivity index (χ1v) is 13.7. The molecule has 0 amide bonds. The van der Waals surface area contributed by atoms with E-state index in [2.05, 4.69) is 73.7 Å². The average molecular weight is 401 g/mol. The maximum absolute atomic E-state index is 6.64. The van der Waals surface area contributed by atoms with E-state index in [9.17, 15) is 0 Å². The van der Waals surface area contributed by atoms with Crippen LogP contribution in [0.5, 0.6) is 0 Å². The molecule has 0 aromatic rings. The Morgan fingerprint density at radius 1 is 1.00 bits per heavy atom. The summed E-state index contributed by atoms with van der Waals surface area (Å²) in [6, 6.07) is 0. The van der Waals surface area contributed by atoms with Crippen molar-refractivity contribution >= 4 is 8.32 Å². The van der Waals surface area contributed by atoms with Crippen molar-refractivity contribution in [3.8, 4) is 0 Å². The Morgan fingerprint density at radius 2 is 1.63 bits per heavy atom. The van der Waals surface area contributed by atoms with Gasteiger partial charge in [-0.25, -0.2) is 0 Å². The molecule has 0 aromatic heterocycles. The lowest BCUT2D eigenvalue weighted by molar-refractivity contribution is -0.0325. The third kappa shape index (κ3) is 12.1. The van der Waals surface area contributed by atoms with Gasteiger partial charge in [-0.3, -0.25) is 0 Å². The highest BCUT2D eigenvalue weighted by molar-refractivity contribution is 6.74. The van der Waals surface area contributed by atoms with Crippen molar-refractivity contribution in [1.29, 1.82) is 0 Å². The molecule has 3 nitrogen and oxygen atoms in total. The van der Waals surface area contributed by atoms with E-state index in [1.165, 1.54) is 6.42 Å². The molecule has 2 atom stereocenters. The van der Waals surface area contributed by atoms with E-state index in [1.54, 1.807) is 7.11 Å². The number of hydrogen-bond acceptors (Lipinski definition) is 3. The van der Waals surface area contributed by atoms with Gasteiger partial charge in [-0.05, 0) is 61.1 Å². The van der Waals surface area contributed by atoms with Gasteiger partial charge in [0.1, 0.15) is 6.79 Å². The second-order valence-corrected chi connectivity index (χ2v) is 15.0. The van der Waals surface area contributed by atoms with Crippen LogP contribution in [0.3, 0.4) is 0 Å². The molecule has 0 saturated heterocycles. The molecular weight excluding hydrogens is 352 g/mol. The minimum absolute atomic E-state index is 0.257. The van der Waals surface area contributed by atoms with Crippen molar-refractivity contribution in [1.82, 2.24) is 0 Å². The third-order valence-electron chi connectivity index (χ3n) is 5.61. The molecule has 0 radical (unpaired) electrons. The predicted molar refractivity (Wildman–Crippen MR) is 121 cm³/mol. The van der Waals surface area contributed by atoms with Crippen LogP contribution >= 0.6 is 0 Å². The standard InChI is InChI=1S/C23H48O3Si/c1-19(2)13-14-21(12-11-15-25-18-24-8)22(16-20(3)4)17-26-27(9,10)23(5,6)7/h13-14,19-22H,11-12,15-18H2,1-10H3/b14-13+/t21-,22+/m1/s1. The van der Waals surface area contributed by atoms with Gasteiger partial charge < -0.3 is 13.9 Å². The van der Waals surface area contributed by atoms with E-state index in [4.69, 9.17) is 13.9 Å². The summed E-state index contributed by atoms with van der Waals surface area (Å²) >= 11 is 0. The van der Waals surface area contributed by atoms with Gasteiger partial charge in [0.25, 0.3) is 0 Å². The summed E-state index contributed by atoms with van der Waals surface area (Å²) in [6.45, 7) is 22.8. The van der Waals surface area contributed by atoms with E-state index >= 15 is 0 Å². The first-order chi connectivity index (χ1) is 12.4. The minimum Gasteiger partial charge on any atom is -0.417 e. The molecule has 0 N–H and O–H groups in total. The summed E-state index contributed by atoms with van der Waals surface area (Å²) in [5, 5.41) is 0.257. The Bertz CT molecular complexity index is 397. The van der Waals surface area contributed by atoms with Crippen LogP contribution in [0.15, 0.2) is 12.2 Å². The summed E-state index contributed by atoms with van der Waals surface area (Å²) in [4.78, 5) is 0. The van der Waals surface area contributed by atoms with Crippen molar-refractivity contribution in [2.75, 3.05) is 27.1 Å². The largest absolute Gasteiger partial charge is 0.417 e. The van der Waals surface area contributed by atoms with Crippen molar-refractivity contribution < 1.29 is 13.9 Å². The van der Waals surface area contributed by atoms with E-state index in [0.29, 0.717) is 30.5 Å². The zero-order valence-electron chi connectivity index (χ0n) is 19.9. The third-order valence-corrected chi connectivity index (χ3v) is 10.1. The summed E-state index contributed by atoms with van der Waals surface area (Å²) in [6.07, 6.45) is 8.22. The summed E-state index contributed by atoms with van der Waals surface area (Å²) < 4.78 is 17.1. The summed E-state index contributed by atoms with van der Waals surface area (Å²) in [5.74, 6) is 2.37. The molecular formula is C23H48O3Si. The van der Waals surface area contributed by atoms with Gasteiger partial charge >= 0.3 is 0 Å². The normalized spacial score (nSPS) is 15.9. The number of rotatable bonds is 14. The van der Waals surface area contributed by atoms with Crippen LogP contribution < -0.4 is 0 Å². The van der Waals surface area contributed by atoms with Crippen molar-refractivity contribution in [3.05, 3.63) is 12.2 Å². The maximum Gasteiger partial charge on any atom is 0.191 e. The fourth-order valence-electron chi connectivity index (χ4n) is 2.92. The fraction of sp³-hybridized carbons (Fsp3) is 0.913. The van der Waals surface area contributed by atoms with Crippen LogP contribution in [-0.2, 0) is 13.9 Å². The van der Waals surface area contributed by atoms with Gasteiger partial charge in [0, 0.05) is 20.3 Å². The highest BCUT2D eigenvalue weighted by Crippen LogP contribution is 2.38. The zero-order chi connectivity index (χ0) is 21.1. The fourth-order valence-corrected chi connectivity index (χ4v) is 3.98. The number of ether oxygens (including phenoxy) is 2. The predicted octanol–water partition coefficient (Wildman–Crippen LogP) is 6.90. The van der Waals surface area contributed by atoms with E-state index < -0.39 is 8.32 Å². The molecule has 0 aliphatic carbocycles. The smallest absolute Gasteiger partial charge is 0.191 e. The molecule has 27 heavy (non-hydrogen) atoms. The first kappa shape index (κ1) is 26.8. The van der Waals surface area contributed by atoms with Gasteiger partial charge in [-0.2, -0.15) is 0 Å². The summed E-state index contributed by atoms with van der Waals surface area (Å²) in [5.41, 5.74) is 0. The van der Waals surface area contributed by atoms with Gasteiger partial charge in [0.2, 0.25) is 0 Å². The molecule has 4 heteroatoms. The van der Waals surface area contributed by atoms with Crippen LogP contribution in [0.25, 0.3) is 0 Å². The Balaban J connectivity index is 5.11. The number of allylic oxidation sites excluding steroid dienone is 2. The highest BCUT2D eigenvalue weighted by Gasteiger charge is 2.38. The lowest BCUT2D eigenvalue weighted by Crippen LogP contribution is -2.42. The van der Waals surface area contributed by atoms with Crippen LogP contribution in [-0.4, -0.2) is 35.4 Å². The Hall–Kier alpha value is -0.163. The first-order valence-electron chi connectivity index (χ1n) is 10.8. The monoisotopic (exact) mass is 400 g/mol. The highest BCUT2D eigenvalue weighted by atomic mass is 28.4. The molecule has 0 heterocycles. The van der Waals surface area contributed by atoms with Gasteiger partial charge in [0.15, 0.2) is 8.32 Å². The lowest BCUT2D eigenvalue weighted by Gasteiger charge is -2.38. The lowest BCUT2D eigenvalue weighted by atomic mass is 9.82. The van der Waals surface area contributed by atoms with Gasteiger partial charge in [0.05, 0.1) is 0 Å². The molecule has 0 aliphatic heterocycles. The minimum atomic E-state index is -1.72. The number of methoxy groups -OCH3 is 1. The SMILES string of the molecule is COCOCCC[C@H](/C=C/C(C)C)[C@H](CO[Si](C)(C)C(C)(C)C)CC(C)C. The van der Waals surface area contributed by atoms with E-state index in [0.717, 1.165) is 26.1 Å². The molecule has 0 aromatic carbocycles. The Kier molecular flexibility index (Phi) is 13.1. The molecule has 0 aliphatic rings. The number of hydrogen-bond donors (Lipinski definition) is 0. The van der Waals surface area contributed by atoms with Crippen molar-refractivity contribution in [3.63, 3.8) is 0 Å². The Labute approximate surface area is 171 Å². The van der Waals surface area contributed by atoms with Crippen LogP contribution in [0.1, 0.15) is 67.7 Å².